The first-order valence-corrected chi connectivity index (χ1v) is 21.3. The minimum atomic E-state index is -1.25. The summed E-state index contributed by atoms with van der Waals surface area (Å²) in [5, 5.41) is 52.5. The molecule has 0 spiro atoms. The van der Waals surface area contributed by atoms with E-state index in [1.807, 2.05) is 0 Å². The van der Waals surface area contributed by atoms with E-state index in [1.165, 1.54) is 21.6 Å². The van der Waals surface area contributed by atoms with Gasteiger partial charge in [-0.05, 0) is 50.5 Å². The van der Waals surface area contributed by atoms with Crippen LogP contribution < -0.4 is 26.6 Å². The number of carboxylic acid groups (broad SMARTS) is 1. The number of hydrogen-bond donors (Lipinski definition) is 9. The molecule has 0 aromatic rings. The van der Waals surface area contributed by atoms with Gasteiger partial charge in [-0.15, -0.1) is 0 Å². The molecule has 8 amide bonds. The first-order valence-electron chi connectivity index (χ1n) is 19.9. The number of aliphatic hydroxyl groups is 3. The van der Waals surface area contributed by atoms with Crippen LogP contribution >= 0.6 is 11.8 Å². The highest BCUT2D eigenvalue weighted by molar-refractivity contribution is 7.98. The van der Waals surface area contributed by atoms with Crippen LogP contribution in [0.25, 0.3) is 0 Å². The fourth-order valence-corrected chi connectivity index (χ4v) is 8.86. The second kappa shape index (κ2) is 20.6. The molecule has 5 rings (SSSR count). The van der Waals surface area contributed by atoms with Crippen molar-refractivity contribution in [2.24, 2.45) is 0 Å². The minimum Gasteiger partial charge on any atom is -0.480 e. The van der Waals surface area contributed by atoms with E-state index in [-0.39, 0.29) is 64.2 Å². The number of thioether (sulfide) groups is 1. The smallest absolute Gasteiger partial charge is 0.322 e. The molecule has 0 aromatic carbocycles. The summed E-state index contributed by atoms with van der Waals surface area (Å²) in [5.74, 6) is -5.78. The van der Waals surface area contributed by atoms with Gasteiger partial charge in [0.1, 0.15) is 36.8 Å². The van der Waals surface area contributed by atoms with Gasteiger partial charge in [0.05, 0.1) is 37.4 Å². The fourth-order valence-electron chi connectivity index (χ4n) is 8.39. The molecule has 23 heteroatoms. The highest BCUT2D eigenvalue weighted by atomic mass is 32.2. The van der Waals surface area contributed by atoms with Crippen LogP contribution in [0.2, 0.25) is 0 Å². The Hall–Kier alpha value is -4.58. The van der Waals surface area contributed by atoms with E-state index in [4.69, 9.17) is 5.11 Å². The summed E-state index contributed by atoms with van der Waals surface area (Å²) < 4.78 is 0. The number of aliphatic hydroxyl groups excluding tert-OH is 3. The highest BCUT2D eigenvalue weighted by Crippen LogP contribution is 2.26. The van der Waals surface area contributed by atoms with Crippen LogP contribution in [0.15, 0.2) is 0 Å². The van der Waals surface area contributed by atoms with E-state index in [1.54, 1.807) is 6.26 Å². The van der Waals surface area contributed by atoms with E-state index >= 15 is 0 Å². The van der Waals surface area contributed by atoms with Crippen LogP contribution in [0.4, 0.5) is 0 Å². The van der Waals surface area contributed by atoms with Crippen LogP contribution in [0.1, 0.15) is 51.4 Å². The first kappa shape index (κ1) is 45.5. The third-order valence-corrected chi connectivity index (χ3v) is 12.0. The molecule has 5 aliphatic rings. The van der Waals surface area contributed by atoms with Gasteiger partial charge < -0.3 is 66.6 Å². The van der Waals surface area contributed by atoms with E-state index in [2.05, 4.69) is 26.6 Å². The molecule has 0 saturated carbocycles. The van der Waals surface area contributed by atoms with Crippen molar-refractivity contribution in [2.75, 3.05) is 64.4 Å². The summed E-state index contributed by atoms with van der Waals surface area (Å²) in [7, 11) is 0. The molecule has 0 unspecified atom stereocenters. The summed E-state index contributed by atoms with van der Waals surface area (Å²) in [6.45, 7) is -1.35. The molecular formula is C36H55N9O13S. The molecule has 22 nitrogen and oxygen atoms in total. The third kappa shape index (κ3) is 11.4. The summed E-state index contributed by atoms with van der Waals surface area (Å²) >= 11 is 1.39. The second-order valence-electron chi connectivity index (χ2n) is 15.5. The number of hydrogen-bond acceptors (Lipinski definition) is 14. The van der Waals surface area contributed by atoms with E-state index < -0.39 is 122 Å². The van der Waals surface area contributed by atoms with Crippen LogP contribution in [0.3, 0.4) is 0 Å². The normalized spacial score (nSPS) is 28.3. The van der Waals surface area contributed by atoms with Crippen molar-refractivity contribution in [3.63, 3.8) is 0 Å². The van der Waals surface area contributed by atoms with Crippen LogP contribution in [-0.4, -0.2) is 212 Å². The zero-order chi connectivity index (χ0) is 43.0. The van der Waals surface area contributed by atoms with Crippen molar-refractivity contribution in [1.82, 2.24) is 46.2 Å². The van der Waals surface area contributed by atoms with E-state index in [0.717, 1.165) is 9.80 Å². The molecule has 328 valence electrons. The van der Waals surface area contributed by atoms with Gasteiger partial charge in [0.25, 0.3) is 0 Å². The van der Waals surface area contributed by atoms with Crippen LogP contribution in [-0.2, 0) is 43.2 Å². The second-order valence-corrected chi connectivity index (χ2v) is 16.5. The largest absolute Gasteiger partial charge is 0.480 e. The van der Waals surface area contributed by atoms with Crippen LogP contribution in [0, 0.1) is 0 Å². The van der Waals surface area contributed by atoms with Gasteiger partial charge in [0.15, 0.2) is 0 Å². The number of likely N-dealkylation sites (tertiary alicyclic amines) is 4. The molecule has 5 aliphatic heterocycles. The summed E-state index contributed by atoms with van der Waals surface area (Å²) in [6, 6.07) is -5.87. The molecule has 0 radical (unpaired) electrons. The lowest BCUT2D eigenvalue weighted by Crippen LogP contribution is -2.56. The summed E-state index contributed by atoms with van der Waals surface area (Å²) in [5.41, 5.74) is 0. The Labute approximate surface area is 344 Å². The molecule has 9 N–H and O–H groups in total. The number of carbonyl (C=O) groups excluding carboxylic acids is 8. The van der Waals surface area contributed by atoms with Crippen molar-refractivity contribution >= 4 is 65.0 Å². The maximum absolute atomic E-state index is 13.6. The Kier molecular flexibility index (Phi) is 15.9. The summed E-state index contributed by atoms with van der Waals surface area (Å²) in [4.78, 5) is 122. The van der Waals surface area contributed by atoms with Gasteiger partial charge in [0, 0.05) is 45.6 Å². The Morgan fingerprint density at radius 3 is 1.76 bits per heavy atom. The predicted octanol–water partition coefficient (Wildman–Crippen LogP) is -5.71. The van der Waals surface area contributed by atoms with Gasteiger partial charge in [-0.2, -0.15) is 11.8 Å². The van der Waals surface area contributed by atoms with Gasteiger partial charge in [-0.1, -0.05) is 0 Å². The molecule has 0 aromatic heterocycles. The zero-order valence-electron chi connectivity index (χ0n) is 32.9. The molecule has 9 atom stereocenters. The molecule has 5 saturated heterocycles. The molecular weight excluding hydrogens is 799 g/mol. The standard InChI is InChI=1S/C36H55N9O13S/c1-59-9-6-22(31(53)38-14-29(50)45-18-21(48)12-27(45)36(58)43-8-3-5-25(43)33(55)40-16-30(51)52)41-34(56)26-11-20(47)17-44(26)28(49)15-39-32(54)24-4-2-7-42(24)35(57)23-10-19(46)13-37-23/h19-27,37,46-48H,2-18H2,1H3,(H,38,53)(H,39,54)(H,40,55)(H,41,56)(H,51,52)/t19-,20-,21-,22+,23+,24+,25+,26+,27+/m1/s1. The molecule has 0 bridgehead atoms. The maximum atomic E-state index is 13.6. The van der Waals surface area contributed by atoms with Crippen molar-refractivity contribution < 1.29 is 63.6 Å². The quantitative estimate of drug-likeness (QED) is 0.0699. The van der Waals surface area contributed by atoms with Gasteiger partial charge in [-0.3, -0.25) is 43.2 Å². The molecule has 5 heterocycles. The van der Waals surface area contributed by atoms with Crippen molar-refractivity contribution in [3.05, 3.63) is 0 Å². The highest BCUT2D eigenvalue weighted by Gasteiger charge is 2.46. The van der Waals surface area contributed by atoms with E-state index in [9.17, 15) is 58.5 Å². The molecule has 5 fully saturated rings. The number of nitrogens with one attached hydrogen (secondary N) is 5. The van der Waals surface area contributed by atoms with Crippen molar-refractivity contribution in [3.8, 4) is 0 Å². The summed E-state index contributed by atoms with van der Waals surface area (Å²) in [6.07, 6.45) is 0.824. The number of carboxylic acids is 1. The topological polar surface area (TPSA) is 308 Å². The van der Waals surface area contributed by atoms with Gasteiger partial charge >= 0.3 is 5.97 Å². The number of aliphatic carboxylic acids is 1. The molecule has 0 aliphatic carbocycles. The number of β-amino-alcohol motifs (C(OH)–C–C–N with tert-alkyl or cyclic N) is 3. The minimum absolute atomic E-state index is 0.111. The van der Waals surface area contributed by atoms with Gasteiger partial charge in [0.2, 0.25) is 47.3 Å². The maximum Gasteiger partial charge on any atom is 0.322 e. The van der Waals surface area contributed by atoms with Crippen molar-refractivity contribution in [2.45, 2.75) is 106 Å². The monoisotopic (exact) mass is 853 g/mol. The van der Waals surface area contributed by atoms with Crippen LogP contribution in [0.5, 0.6) is 0 Å². The number of rotatable bonds is 16. The number of nitrogens with zero attached hydrogens (tertiary/aromatic N) is 4. The molecule has 59 heavy (non-hydrogen) atoms. The average molecular weight is 854 g/mol. The lowest BCUT2D eigenvalue weighted by molar-refractivity contribution is -0.147. The average Bonchev–Trinajstić information content (AvgIpc) is 4.06. The van der Waals surface area contributed by atoms with E-state index in [0.29, 0.717) is 31.6 Å². The van der Waals surface area contributed by atoms with Gasteiger partial charge in [-0.25, -0.2) is 0 Å². The first-order chi connectivity index (χ1) is 28.1. The lowest BCUT2D eigenvalue weighted by Gasteiger charge is -2.31. The predicted molar refractivity (Wildman–Crippen MR) is 206 cm³/mol. The number of amides is 8. The lowest BCUT2D eigenvalue weighted by atomic mass is 10.1. The zero-order valence-corrected chi connectivity index (χ0v) is 33.7. The fraction of sp³-hybridized carbons (Fsp3) is 0.750. The van der Waals surface area contributed by atoms with Crippen molar-refractivity contribution in [1.29, 1.82) is 0 Å². The Morgan fingerprint density at radius 2 is 1.20 bits per heavy atom. The Bertz CT molecular complexity index is 1640. The third-order valence-electron chi connectivity index (χ3n) is 11.4. The SMILES string of the molecule is CSCC[C@H](NC(=O)[C@@H]1C[C@@H](O)CN1C(=O)CNC(=O)[C@@H]1CCCN1C(=O)[C@@H]1C[C@@H](O)CN1)C(=O)NCC(=O)N1C[C@H](O)C[C@H]1C(=O)N1CCC[C@H]1C(=O)NCC(=O)O. The Morgan fingerprint density at radius 1 is 0.661 bits per heavy atom. The Balaban J connectivity index is 1.14. The number of carbonyl (C=O) groups is 9.